The van der Waals surface area contributed by atoms with Crippen LogP contribution in [-0.2, 0) is 6.54 Å². The van der Waals surface area contributed by atoms with Crippen LogP contribution in [-0.4, -0.2) is 23.1 Å². The lowest BCUT2D eigenvalue weighted by atomic mass is 10.1. The van der Waals surface area contributed by atoms with Crippen molar-refractivity contribution in [2.45, 2.75) is 25.8 Å². The average molecular weight is 268 g/mol. The van der Waals surface area contributed by atoms with E-state index in [9.17, 15) is 0 Å². The van der Waals surface area contributed by atoms with Crippen LogP contribution in [0.2, 0.25) is 0 Å². The third-order valence-electron chi connectivity index (χ3n) is 3.70. The van der Waals surface area contributed by atoms with Gasteiger partial charge in [0.2, 0.25) is 0 Å². The van der Waals surface area contributed by atoms with Gasteiger partial charge in [-0.3, -0.25) is 0 Å². The second kappa shape index (κ2) is 6.37. The predicted molar refractivity (Wildman–Crippen MR) is 81.9 cm³/mol. The molecule has 2 heterocycles. The van der Waals surface area contributed by atoms with Crippen LogP contribution in [0.25, 0.3) is 0 Å². The molecule has 1 aromatic carbocycles. The highest BCUT2D eigenvalue weighted by Crippen LogP contribution is 2.28. The molecule has 0 radical (unpaired) electrons. The first-order valence-electron chi connectivity index (χ1n) is 7.26. The molecule has 0 amide bonds. The molecule has 2 aromatic rings. The van der Waals surface area contributed by atoms with Gasteiger partial charge in [0.1, 0.15) is 6.33 Å². The Labute approximate surface area is 119 Å². The average Bonchev–Trinajstić information content (AvgIpc) is 2.55. The molecule has 1 aliphatic heterocycles. The van der Waals surface area contributed by atoms with Gasteiger partial charge in [-0.25, -0.2) is 9.97 Å². The molecule has 1 N–H and O–H groups in total. The SMILES string of the molecule is c1ccc(N2CCCCC2)c(NCc2ccncn2)c1. The van der Waals surface area contributed by atoms with Gasteiger partial charge in [-0.05, 0) is 37.5 Å². The molecule has 0 spiro atoms. The number of nitrogens with one attached hydrogen (secondary N) is 1. The van der Waals surface area contributed by atoms with Crippen molar-refractivity contribution in [3.05, 3.63) is 48.5 Å². The highest BCUT2D eigenvalue weighted by molar-refractivity contribution is 5.70. The summed E-state index contributed by atoms with van der Waals surface area (Å²) in [6.07, 6.45) is 7.31. The zero-order chi connectivity index (χ0) is 13.6. The quantitative estimate of drug-likeness (QED) is 0.925. The Balaban J connectivity index is 1.72. The molecule has 0 atom stereocenters. The molecule has 1 saturated heterocycles. The molecule has 0 bridgehead atoms. The maximum Gasteiger partial charge on any atom is 0.115 e. The fourth-order valence-electron chi connectivity index (χ4n) is 2.64. The summed E-state index contributed by atoms with van der Waals surface area (Å²) in [5.41, 5.74) is 3.50. The first-order valence-corrected chi connectivity index (χ1v) is 7.26. The topological polar surface area (TPSA) is 41.0 Å². The number of nitrogens with zero attached hydrogens (tertiary/aromatic N) is 3. The molecule has 20 heavy (non-hydrogen) atoms. The molecule has 0 saturated carbocycles. The van der Waals surface area contributed by atoms with Crippen LogP contribution in [0.4, 0.5) is 11.4 Å². The van der Waals surface area contributed by atoms with E-state index in [1.807, 2.05) is 6.07 Å². The van der Waals surface area contributed by atoms with Crippen molar-refractivity contribution < 1.29 is 0 Å². The van der Waals surface area contributed by atoms with Crippen LogP contribution in [0.3, 0.4) is 0 Å². The number of benzene rings is 1. The molecule has 3 rings (SSSR count). The minimum absolute atomic E-state index is 0.730. The fraction of sp³-hybridized carbons (Fsp3) is 0.375. The number of rotatable bonds is 4. The Morgan fingerprint density at radius 3 is 2.70 bits per heavy atom. The second-order valence-electron chi connectivity index (χ2n) is 5.12. The molecular formula is C16H20N4. The Hall–Kier alpha value is -2.10. The van der Waals surface area contributed by atoms with Crippen molar-refractivity contribution in [2.75, 3.05) is 23.3 Å². The molecular weight excluding hydrogens is 248 g/mol. The number of anilines is 2. The van der Waals surface area contributed by atoms with Gasteiger partial charge in [-0.1, -0.05) is 12.1 Å². The largest absolute Gasteiger partial charge is 0.378 e. The van der Waals surface area contributed by atoms with Gasteiger partial charge in [0.05, 0.1) is 23.6 Å². The van der Waals surface area contributed by atoms with Crippen LogP contribution in [0, 0.1) is 0 Å². The smallest absolute Gasteiger partial charge is 0.115 e. The van der Waals surface area contributed by atoms with E-state index in [4.69, 9.17) is 0 Å². The van der Waals surface area contributed by atoms with Gasteiger partial charge in [0.15, 0.2) is 0 Å². The van der Waals surface area contributed by atoms with Gasteiger partial charge in [-0.15, -0.1) is 0 Å². The molecule has 4 heteroatoms. The minimum Gasteiger partial charge on any atom is -0.378 e. The van der Waals surface area contributed by atoms with Crippen LogP contribution in [0.15, 0.2) is 42.9 Å². The Morgan fingerprint density at radius 1 is 1.05 bits per heavy atom. The lowest BCUT2D eigenvalue weighted by Crippen LogP contribution is -2.30. The van der Waals surface area contributed by atoms with Crippen LogP contribution in [0.5, 0.6) is 0 Å². The molecule has 1 fully saturated rings. The summed E-state index contributed by atoms with van der Waals surface area (Å²) in [6, 6.07) is 10.5. The summed E-state index contributed by atoms with van der Waals surface area (Å²) < 4.78 is 0. The molecule has 0 unspecified atom stereocenters. The standard InChI is InChI=1S/C16H20N4/c1-4-10-20(11-5-1)16-7-3-2-6-15(16)18-12-14-8-9-17-13-19-14/h2-3,6-9,13,18H,1,4-5,10-12H2. The molecule has 104 valence electrons. The van der Waals surface area contributed by atoms with Crippen LogP contribution < -0.4 is 10.2 Å². The maximum absolute atomic E-state index is 4.25. The van der Waals surface area contributed by atoms with Crippen molar-refractivity contribution in [1.82, 2.24) is 9.97 Å². The highest BCUT2D eigenvalue weighted by Gasteiger charge is 2.13. The molecule has 4 nitrogen and oxygen atoms in total. The van der Waals surface area contributed by atoms with Crippen molar-refractivity contribution in [3.63, 3.8) is 0 Å². The fourth-order valence-corrected chi connectivity index (χ4v) is 2.64. The number of para-hydroxylation sites is 2. The van der Waals surface area contributed by atoms with Gasteiger partial charge in [0.25, 0.3) is 0 Å². The van der Waals surface area contributed by atoms with E-state index in [0.717, 1.165) is 25.3 Å². The van der Waals surface area contributed by atoms with E-state index < -0.39 is 0 Å². The van der Waals surface area contributed by atoms with Gasteiger partial charge >= 0.3 is 0 Å². The molecule has 1 aromatic heterocycles. The van der Waals surface area contributed by atoms with Crippen LogP contribution >= 0.6 is 0 Å². The second-order valence-corrected chi connectivity index (χ2v) is 5.12. The summed E-state index contributed by atoms with van der Waals surface area (Å²) in [4.78, 5) is 10.7. The van der Waals surface area contributed by atoms with Crippen molar-refractivity contribution >= 4 is 11.4 Å². The number of aromatic nitrogens is 2. The summed E-state index contributed by atoms with van der Waals surface area (Å²) in [5.74, 6) is 0. The Kier molecular flexibility index (Phi) is 4.11. The van der Waals surface area contributed by atoms with Gasteiger partial charge in [-0.2, -0.15) is 0 Å². The lowest BCUT2D eigenvalue weighted by Gasteiger charge is -2.30. The van der Waals surface area contributed by atoms with Crippen molar-refractivity contribution in [1.29, 1.82) is 0 Å². The zero-order valence-electron chi connectivity index (χ0n) is 11.6. The van der Waals surface area contributed by atoms with Crippen LogP contribution in [0.1, 0.15) is 25.0 Å². The molecule has 1 aliphatic rings. The van der Waals surface area contributed by atoms with Crippen molar-refractivity contribution in [3.8, 4) is 0 Å². The minimum atomic E-state index is 0.730. The Morgan fingerprint density at radius 2 is 1.90 bits per heavy atom. The van der Waals surface area contributed by atoms with Crippen molar-refractivity contribution in [2.24, 2.45) is 0 Å². The van der Waals surface area contributed by atoms with E-state index in [-0.39, 0.29) is 0 Å². The highest BCUT2D eigenvalue weighted by atomic mass is 15.1. The first-order chi connectivity index (χ1) is 9.93. The van der Waals surface area contributed by atoms with E-state index >= 15 is 0 Å². The Bertz CT molecular complexity index is 535. The third-order valence-corrected chi connectivity index (χ3v) is 3.70. The van der Waals surface area contributed by atoms with Gasteiger partial charge < -0.3 is 10.2 Å². The lowest BCUT2D eigenvalue weighted by molar-refractivity contribution is 0.578. The third kappa shape index (κ3) is 3.07. The summed E-state index contributed by atoms with van der Waals surface area (Å²) in [6.45, 7) is 3.05. The molecule has 0 aliphatic carbocycles. The monoisotopic (exact) mass is 268 g/mol. The normalized spacial score (nSPS) is 15.1. The summed E-state index contributed by atoms with van der Waals surface area (Å²) in [7, 11) is 0. The van der Waals surface area contributed by atoms with Gasteiger partial charge in [0, 0.05) is 19.3 Å². The van der Waals surface area contributed by atoms with E-state index in [1.54, 1.807) is 12.5 Å². The number of piperidine rings is 1. The summed E-state index contributed by atoms with van der Waals surface area (Å²) in [5, 5.41) is 3.49. The predicted octanol–water partition coefficient (Wildman–Crippen LogP) is 3.08. The first kappa shape index (κ1) is 12.9. The summed E-state index contributed by atoms with van der Waals surface area (Å²) >= 11 is 0. The van der Waals surface area contributed by atoms with E-state index in [0.29, 0.717) is 0 Å². The zero-order valence-corrected chi connectivity index (χ0v) is 11.6. The van der Waals surface area contributed by atoms with E-state index in [2.05, 4.69) is 44.5 Å². The maximum atomic E-state index is 4.25. The van der Waals surface area contributed by atoms with E-state index in [1.165, 1.54) is 30.6 Å². The number of hydrogen-bond donors (Lipinski definition) is 1. The number of hydrogen-bond acceptors (Lipinski definition) is 4.